The van der Waals surface area contributed by atoms with Crippen molar-refractivity contribution in [3.8, 4) is 0 Å². The van der Waals surface area contributed by atoms with Crippen LogP contribution in [0.25, 0.3) is 0 Å². The molecule has 0 bridgehead atoms. The van der Waals surface area contributed by atoms with E-state index in [4.69, 9.17) is 4.74 Å². The smallest absolute Gasteiger partial charge is 0.313 e. The first kappa shape index (κ1) is 15.6. The Morgan fingerprint density at radius 1 is 1.17 bits per heavy atom. The average molecular weight is 311 g/mol. The SMILES string of the molecule is COC(=O)[C@@H]1c2ccccc2N(Cc2ccccc2)C[C@H]1CO. The number of hydrogen-bond donors (Lipinski definition) is 1. The Bertz CT molecular complexity index is 671. The van der Waals surface area contributed by atoms with Gasteiger partial charge in [0.1, 0.15) is 0 Å². The van der Waals surface area contributed by atoms with Gasteiger partial charge in [-0.3, -0.25) is 4.79 Å². The van der Waals surface area contributed by atoms with Crippen molar-refractivity contribution in [1.82, 2.24) is 0 Å². The summed E-state index contributed by atoms with van der Waals surface area (Å²) in [5.41, 5.74) is 3.17. The van der Waals surface area contributed by atoms with Gasteiger partial charge in [0.05, 0.1) is 13.0 Å². The van der Waals surface area contributed by atoms with Crippen LogP contribution in [0, 0.1) is 5.92 Å². The van der Waals surface area contributed by atoms with E-state index >= 15 is 0 Å². The molecule has 2 aromatic carbocycles. The fourth-order valence-corrected chi connectivity index (χ4v) is 3.34. The molecule has 4 nitrogen and oxygen atoms in total. The normalized spacial score (nSPS) is 20.0. The molecule has 0 saturated carbocycles. The highest BCUT2D eigenvalue weighted by atomic mass is 16.5. The monoisotopic (exact) mass is 311 g/mol. The second kappa shape index (κ2) is 6.84. The zero-order valence-corrected chi connectivity index (χ0v) is 13.2. The predicted octanol–water partition coefficient (Wildman–Crippen LogP) is 2.57. The number of aliphatic hydroxyl groups is 1. The minimum Gasteiger partial charge on any atom is -0.469 e. The molecule has 2 aromatic rings. The van der Waals surface area contributed by atoms with Gasteiger partial charge < -0.3 is 14.7 Å². The van der Waals surface area contributed by atoms with Crippen molar-refractivity contribution in [3.05, 3.63) is 65.7 Å². The third-order valence-electron chi connectivity index (χ3n) is 4.44. The van der Waals surface area contributed by atoms with E-state index in [2.05, 4.69) is 17.0 Å². The van der Waals surface area contributed by atoms with Crippen molar-refractivity contribution in [1.29, 1.82) is 0 Å². The molecule has 0 radical (unpaired) electrons. The Morgan fingerprint density at radius 3 is 2.57 bits per heavy atom. The average Bonchev–Trinajstić information content (AvgIpc) is 2.61. The van der Waals surface area contributed by atoms with Crippen LogP contribution >= 0.6 is 0 Å². The van der Waals surface area contributed by atoms with E-state index in [1.165, 1.54) is 12.7 Å². The summed E-state index contributed by atoms with van der Waals surface area (Å²) in [5, 5.41) is 9.78. The van der Waals surface area contributed by atoms with Gasteiger partial charge in [-0.25, -0.2) is 0 Å². The van der Waals surface area contributed by atoms with Gasteiger partial charge in [0.2, 0.25) is 0 Å². The Kier molecular flexibility index (Phi) is 4.63. The van der Waals surface area contributed by atoms with Gasteiger partial charge >= 0.3 is 5.97 Å². The number of aliphatic hydroxyl groups excluding tert-OH is 1. The number of ether oxygens (including phenoxy) is 1. The van der Waals surface area contributed by atoms with Crippen LogP contribution in [0.5, 0.6) is 0 Å². The van der Waals surface area contributed by atoms with Gasteiger partial charge in [-0.05, 0) is 17.2 Å². The lowest BCUT2D eigenvalue weighted by Crippen LogP contribution is -2.42. The molecule has 1 heterocycles. The summed E-state index contributed by atoms with van der Waals surface area (Å²) in [6.07, 6.45) is 0. The second-order valence-corrected chi connectivity index (χ2v) is 5.87. The van der Waals surface area contributed by atoms with Gasteiger partial charge in [-0.15, -0.1) is 0 Å². The van der Waals surface area contributed by atoms with Crippen LogP contribution in [0.15, 0.2) is 54.6 Å². The summed E-state index contributed by atoms with van der Waals surface area (Å²) in [4.78, 5) is 14.4. The number of benzene rings is 2. The largest absolute Gasteiger partial charge is 0.469 e. The highest BCUT2D eigenvalue weighted by Gasteiger charge is 2.38. The predicted molar refractivity (Wildman–Crippen MR) is 89.3 cm³/mol. The van der Waals surface area contributed by atoms with Crippen LogP contribution in [0.1, 0.15) is 17.0 Å². The van der Waals surface area contributed by atoms with Crippen LogP contribution in [0.2, 0.25) is 0 Å². The number of hydrogen-bond acceptors (Lipinski definition) is 4. The molecule has 1 aliphatic heterocycles. The van der Waals surface area contributed by atoms with E-state index in [-0.39, 0.29) is 18.5 Å². The molecule has 2 atom stereocenters. The van der Waals surface area contributed by atoms with Crippen molar-refractivity contribution < 1.29 is 14.6 Å². The zero-order valence-electron chi connectivity index (χ0n) is 13.2. The maximum absolute atomic E-state index is 12.2. The van der Waals surface area contributed by atoms with Crippen LogP contribution in [0.3, 0.4) is 0 Å². The highest BCUT2D eigenvalue weighted by molar-refractivity contribution is 5.82. The lowest BCUT2D eigenvalue weighted by molar-refractivity contribution is -0.144. The van der Waals surface area contributed by atoms with Crippen molar-refractivity contribution in [2.75, 3.05) is 25.2 Å². The Hall–Kier alpha value is -2.33. The number of esters is 1. The fraction of sp³-hybridized carbons (Fsp3) is 0.316. The first-order valence-electron chi connectivity index (χ1n) is 7.81. The molecule has 120 valence electrons. The van der Waals surface area contributed by atoms with Gasteiger partial charge in [-0.2, -0.15) is 0 Å². The van der Waals surface area contributed by atoms with E-state index < -0.39 is 5.92 Å². The topological polar surface area (TPSA) is 49.8 Å². The maximum Gasteiger partial charge on any atom is 0.313 e. The maximum atomic E-state index is 12.2. The number of nitrogens with zero attached hydrogens (tertiary/aromatic N) is 1. The fourth-order valence-electron chi connectivity index (χ4n) is 3.34. The molecule has 0 fully saturated rings. The van der Waals surface area contributed by atoms with Gasteiger partial charge in [0.15, 0.2) is 0 Å². The zero-order chi connectivity index (χ0) is 16.2. The van der Waals surface area contributed by atoms with E-state index in [9.17, 15) is 9.90 Å². The molecule has 0 unspecified atom stereocenters. The number of fused-ring (bicyclic) bond motifs is 1. The minimum absolute atomic E-state index is 0.0423. The quantitative estimate of drug-likeness (QED) is 0.882. The second-order valence-electron chi connectivity index (χ2n) is 5.87. The molecular weight excluding hydrogens is 290 g/mol. The number of carbonyl (C=O) groups is 1. The van der Waals surface area contributed by atoms with Crippen LogP contribution in [0.4, 0.5) is 5.69 Å². The number of anilines is 1. The third-order valence-corrected chi connectivity index (χ3v) is 4.44. The Balaban J connectivity index is 1.97. The first-order valence-corrected chi connectivity index (χ1v) is 7.81. The molecule has 0 aromatic heterocycles. The molecule has 23 heavy (non-hydrogen) atoms. The number of carbonyl (C=O) groups excluding carboxylic acids is 1. The summed E-state index contributed by atoms with van der Waals surface area (Å²) < 4.78 is 4.96. The first-order chi connectivity index (χ1) is 11.2. The van der Waals surface area contributed by atoms with Gasteiger partial charge in [-0.1, -0.05) is 48.5 Å². The summed E-state index contributed by atoms with van der Waals surface area (Å²) in [5.74, 6) is -0.856. The minimum atomic E-state index is -0.409. The molecule has 0 spiro atoms. The highest BCUT2D eigenvalue weighted by Crippen LogP contribution is 2.39. The van der Waals surface area contributed by atoms with Crippen molar-refractivity contribution >= 4 is 11.7 Å². The van der Waals surface area contributed by atoms with Gasteiger partial charge in [0, 0.05) is 31.3 Å². The van der Waals surface area contributed by atoms with Gasteiger partial charge in [0.25, 0.3) is 0 Å². The van der Waals surface area contributed by atoms with E-state index in [1.54, 1.807) is 0 Å². The summed E-state index contributed by atoms with van der Waals surface area (Å²) >= 11 is 0. The molecule has 1 aliphatic rings. The lowest BCUT2D eigenvalue weighted by Gasteiger charge is -2.39. The summed E-state index contributed by atoms with van der Waals surface area (Å²) in [7, 11) is 1.40. The number of methoxy groups -OCH3 is 1. The third kappa shape index (κ3) is 3.08. The summed E-state index contributed by atoms with van der Waals surface area (Å²) in [6, 6.07) is 18.1. The van der Waals surface area contributed by atoms with E-state index in [1.807, 2.05) is 42.5 Å². The van der Waals surface area contributed by atoms with Crippen LogP contribution in [-0.2, 0) is 16.1 Å². The molecule has 0 aliphatic carbocycles. The molecular formula is C19H21NO3. The molecule has 0 saturated heterocycles. The summed E-state index contributed by atoms with van der Waals surface area (Å²) in [6.45, 7) is 1.34. The molecule has 0 amide bonds. The Labute approximate surface area is 136 Å². The van der Waals surface area contributed by atoms with Crippen LogP contribution in [-0.4, -0.2) is 31.3 Å². The molecule has 1 N–H and O–H groups in total. The number of para-hydroxylation sites is 1. The molecule has 3 rings (SSSR count). The van der Waals surface area contributed by atoms with Crippen molar-refractivity contribution in [2.45, 2.75) is 12.5 Å². The molecule has 4 heteroatoms. The van der Waals surface area contributed by atoms with E-state index in [0.717, 1.165) is 17.8 Å². The standard InChI is InChI=1S/C19H21NO3/c1-23-19(22)18-15(13-21)12-20(11-14-7-3-2-4-8-14)17-10-6-5-9-16(17)18/h2-10,15,18,21H,11-13H2,1H3/t15-,18-/m0/s1. The van der Waals surface area contributed by atoms with Crippen molar-refractivity contribution in [3.63, 3.8) is 0 Å². The number of rotatable bonds is 4. The lowest BCUT2D eigenvalue weighted by atomic mass is 9.81. The van der Waals surface area contributed by atoms with E-state index in [0.29, 0.717) is 6.54 Å². The van der Waals surface area contributed by atoms with Crippen molar-refractivity contribution in [2.24, 2.45) is 5.92 Å². The Morgan fingerprint density at radius 2 is 1.87 bits per heavy atom. The van der Waals surface area contributed by atoms with Crippen LogP contribution < -0.4 is 4.90 Å².